The minimum absolute atomic E-state index is 0. The fourth-order valence-corrected chi connectivity index (χ4v) is 7.24. The number of nitrogens with zero attached hydrogens (tertiary/aromatic N) is 1. The van der Waals surface area contributed by atoms with Crippen molar-refractivity contribution in [3.8, 4) is 6.07 Å². The van der Waals surface area contributed by atoms with Crippen LogP contribution in [0.25, 0.3) is 0 Å². The first-order valence-corrected chi connectivity index (χ1v) is 17.0. The van der Waals surface area contributed by atoms with Gasteiger partial charge in [-0.3, -0.25) is 14.4 Å². The Morgan fingerprint density at radius 3 is 1.82 bits per heavy atom. The van der Waals surface area contributed by atoms with E-state index in [1.165, 1.54) is 32.1 Å². The molecule has 260 valence electrons. The Hall–Kier alpha value is -2.10. The topological polar surface area (TPSA) is 103 Å². The molecule has 0 saturated heterocycles. The van der Waals surface area contributed by atoms with Crippen molar-refractivity contribution in [3.63, 3.8) is 0 Å². The van der Waals surface area contributed by atoms with E-state index < -0.39 is 16.4 Å². The molecule has 0 amide bonds. The maximum Gasteiger partial charge on any atom is 0.327 e. The van der Waals surface area contributed by atoms with E-state index in [2.05, 4.69) is 19.9 Å². The van der Waals surface area contributed by atoms with E-state index in [9.17, 15) is 19.6 Å². The zero-order valence-corrected chi connectivity index (χ0v) is 28.6. The van der Waals surface area contributed by atoms with Crippen LogP contribution in [0.1, 0.15) is 167 Å². The van der Waals surface area contributed by atoms with Gasteiger partial charge in [-0.1, -0.05) is 48.0 Å². The average Bonchev–Trinajstić information content (AvgIpc) is 3.68. The lowest BCUT2D eigenvalue weighted by Gasteiger charge is -2.38. The van der Waals surface area contributed by atoms with Crippen molar-refractivity contribution in [1.29, 1.82) is 5.26 Å². The lowest BCUT2D eigenvalue weighted by molar-refractivity contribution is -0.174. The minimum atomic E-state index is -1.06. The smallest absolute Gasteiger partial charge is 0.327 e. The van der Waals surface area contributed by atoms with E-state index in [1.54, 1.807) is 0 Å². The van der Waals surface area contributed by atoms with E-state index in [1.807, 2.05) is 48.5 Å². The highest BCUT2D eigenvalue weighted by atomic mass is 16.6. The van der Waals surface area contributed by atoms with Gasteiger partial charge in [0, 0.05) is 0 Å². The highest BCUT2D eigenvalue weighted by molar-refractivity contribution is 5.82. The third kappa shape index (κ3) is 9.25. The molecule has 0 spiro atoms. The molecule has 0 aromatic rings. The standard InChI is InChI=1S/C21H31NO4.C15H28O2.2CH4/c1-5-19(2,3)17(23)25-16-11-15-10-14(16)12-21(15,13-22)18(24)26-20(4)8-6-7-9-20;1-6-14(2,3)13(16)17-15(4,5)12-10-8-7-9-11-12;;/h14-16H,5-12H2,1-4H3;12H,6-11H2,1-5H3;2*1H4. The van der Waals surface area contributed by atoms with Gasteiger partial charge in [0.2, 0.25) is 0 Å². The third-order valence-electron chi connectivity index (χ3n) is 11.6. The first-order chi connectivity index (χ1) is 19.9. The number of carbonyl (C=O) groups is 3. The summed E-state index contributed by atoms with van der Waals surface area (Å²) in [5.74, 6) is -0.0297. The van der Waals surface area contributed by atoms with Gasteiger partial charge in [-0.05, 0) is 137 Å². The van der Waals surface area contributed by atoms with Crippen molar-refractivity contribution in [2.75, 3.05) is 0 Å². The molecule has 4 atom stereocenters. The van der Waals surface area contributed by atoms with E-state index in [0.29, 0.717) is 18.8 Å². The maximum absolute atomic E-state index is 12.9. The Kier molecular flexibility index (Phi) is 14.2. The summed E-state index contributed by atoms with van der Waals surface area (Å²) in [6, 6.07) is 2.30. The van der Waals surface area contributed by atoms with Gasteiger partial charge in [0.25, 0.3) is 0 Å². The summed E-state index contributed by atoms with van der Waals surface area (Å²) < 4.78 is 17.4. The van der Waals surface area contributed by atoms with Crippen LogP contribution in [0.3, 0.4) is 0 Å². The molecule has 4 fully saturated rings. The van der Waals surface area contributed by atoms with E-state index in [4.69, 9.17) is 14.2 Å². The molecule has 0 radical (unpaired) electrons. The van der Waals surface area contributed by atoms with E-state index in [-0.39, 0.29) is 61.7 Å². The van der Waals surface area contributed by atoms with Crippen LogP contribution >= 0.6 is 0 Å². The Morgan fingerprint density at radius 1 is 0.822 bits per heavy atom. The zero-order valence-electron chi connectivity index (χ0n) is 28.6. The zero-order chi connectivity index (χ0) is 32.3. The predicted molar refractivity (Wildman–Crippen MR) is 180 cm³/mol. The number of hydrogen-bond acceptors (Lipinski definition) is 7. The quantitative estimate of drug-likeness (QED) is 0.184. The second kappa shape index (κ2) is 15.7. The van der Waals surface area contributed by atoms with Gasteiger partial charge in [0.1, 0.15) is 17.3 Å². The summed E-state index contributed by atoms with van der Waals surface area (Å²) in [5.41, 5.74) is -2.63. The first kappa shape index (κ1) is 40.9. The number of ether oxygens (including phenoxy) is 3. The molecule has 2 bridgehead atoms. The van der Waals surface area contributed by atoms with Crippen molar-refractivity contribution >= 4 is 17.9 Å². The van der Waals surface area contributed by atoms with Crippen molar-refractivity contribution in [2.24, 2.45) is 34.0 Å². The van der Waals surface area contributed by atoms with Gasteiger partial charge in [0.05, 0.1) is 16.9 Å². The minimum Gasteiger partial charge on any atom is -0.462 e. The molecule has 0 aromatic heterocycles. The molecule has 0 N–H and O–H groups in total. The monoisotopic (exact) mass is 633 g/mol. The number of fused-ring (bicyclic) bond motifs is 2. The molecular formula is C38H67NO6. The number of carbonyl (C=O) groups excluding carboxylic acids is 3. The molecule has 4 unspecified atom stereocenters. The lowest BCUT2D eigenvalue weighted by Crippen LogP contribution is -2.44. The Balaban J connectivity index is 0.000000468. The van der Waals surface area contributed by atoms with Crippen LogP contribution < -0.4 is 0 Å². The Bertz CT molecular complexity index is 1040. The van der Waals surface area contributed by atoms with E-state index >= 15 is 0 Å². The number of nitriles is 1. The van der Waals surface area contributed by atoms with Crippen LogP contribution in [0.4, 0.5) is 0 Å². The average molecular weight is 634 g/mol. The summed E-state index contributed by atoms with van der Waals surface area (Å²) in [4.78, 5) is 37.4. The van der Waals surface area contributed by atoms with Crippen molar-refractivity contribution in [1.82, 2.24) is 0 Å². The number of hydrogen-bond donors (Lipinski definition) is 0. The summed E-state index contributed by atoms with van der Waals surface area (Å²) in [6.45, 7) is 17.9. The second-order valence-electron chi connectivity index (χ2n) is 16.0. The van der Waals surface area contributed by atoms with Crippen molar-refractivity contribution in [2.45, 2.75) is 184 Å². The molecule has 7 nitrogen and oxygen atoms in total. The Morgan fingerprint density at radius 2 is 1.36 bits per heavy atom. The largest absolute Gasteiger partial charge is 0.462 e. The summed E-state index contributed by atoms with van der Waals surface area (Å²) in [7, 11) is 0. The SMILES string of the molecule is C.C.CCC(C)(C)C(=O)OC(C)(C)C1CCCCC1.CCC(C)(C)C(=O)OC1CC2CC1CC2(C#N)C(=O)OC1(C)CCCC1. The van der Waals surface area contributed by atoms with Gasteiger partial charge < -0.3 is 14.2 Å². The highest BCUT2D eigenvalue weighted by Gasteiger charge is 2.62. The van der Waals surface area contributed by atoms with E-state index in [0.717, 1.165) is 44.9 Å². The molecule has 45 heavy (non-hydrogen) atoms. The summed E-state index contributed by atoms with van der Waals surface area (Å²) in [6.07, 6.45) is 13.4. The van der Waals surface area contributed by atoms with Gasteiger partial charge in [-0.25, -0.2) is 0 Å². The lowest BCUT2D eigenvalue weighted by atomic mass is 9.73. The van der Waals surface area contributed by atoms with Gasteiger partial charge in [-0.15, -0.1) is 0 Å². The predicted octanol–water partition coefficient (Wildman–Crippen LogP) is 9.75. The van der Waals surface area contributed by atoms with Crippen LogP contribution in [0.5, 0.6) is 0 Å². The van der Waals surface area contributed by atoms with Crippen molar-refractivity contribution in [3.05, 3.63) is 0 Å². The van der Waals surface area contributed by atoms with Crippen LogP contribution in [0.15, 0.2) is 0 Å². The number of esters is 3. The van der Waals surface area contributed by atoms with Gasteiger partial charge in [0.15, 0.2) is 5.41 Å². The van der Waals surface area contributed by atoms with Crippen LogP contribution in [0, 0.1) is 45.3 Å². The molecule has 4 rings (SSSR count). The molecule has 4 aliphatic rings. The van der Waals surface area contributed by atoms with Crippen molar-refractivity contribution < 1.29 is 28.6 Å². The molecule has 4 aliphatic carbocycles. The molecule has 0 aromatic carbocycles. The maximum atomic E-state index is 12.9. The fourth-order valence-electron chi connectivity index (χ4n) is 7.24. The molecule has 0 aliphatic heterocycles. The summed E-state index contributed by atoms with van der Waals surface area (Å²) in [5, 5.41) is 9.84. The van der Waals surface area contributed by atoms with Gasteiger partial charge in [-0.2, -0.15) is 5.26 Å². The first-order valence-electron chi connectivity index (χ1n) is 17.0. The highest BCUT2D eigenvalue weighted by Crippen LogP contribution is 2.58. The normalized spacial score (nSPS) is 27.5. The molecule has 4 saturated carbocycles. The molecular weight excluding hydrogens is 566 g/mol. The summed E-state index contributed by atoms with van der Waals surface area (Å²) >= 11 is 0. The molecule has 7 heteroatoms. The Labute approximate surface area is 275 Å². The van der Waals surface area contributed by atoms with Crippen LogP contribution in [0.2, 0.25) is 0 Å². The second-order valence-corrected chi connectivity index (χ2v) is 16.0. The van der Waals surface area contributed by atoms with Gasteiger partial charge >= 0.3 is 17.9 Å². The van der Waals surface area contributed by atoms with Crippen LogP contribution in [-0.4, -0.2) is 35.2 Å². The fraction of sp³-hybridized carbons (Fsp3) is 0.895. The number of rotatable bonds is 9. The van der Waals surface area contributed by atoms with Crippen LogP contribution in [-0.2, 0) is 28.6 Å². The molecule has 0 heterocycles. The third-order valence-corrected chi connectivity index (χ3v) is 11.6.